The van der Waals surface area contributed by atoms with Crippen molar-refractivity contribution in [2.75, 3.05) is 26.8 Å². The number of aliphatic carboxylic acids is 1. The third kappa shape index (κ3) is 4.45. The summed E-state index contributed by atoms with van der Waals surface area (Å²) in [4.78, 5) is 16.3. The maximum absolute atomic E-state index is 11.6. The number of rotatable bonds is 7. The maximum atomic E-state index is 11.6. The number of piperidine rings is 1. The molecule has 1 aromatic heterocycles. The number of aryl methyl sites for hydroxylation is 1. The molecule has 6 heteroatoms. The summed E-state index contributed by atoms with van der Waals surface area (Å²) in [5, 5.41) is 9.50. The molecule has 0 saturated carbocycles. The highest BCUT2D eigenvalue weighted by Crippen LogP contribution is 2.39. The highest BCUT2D eigenvalue weighted by molar-refractivity contribution is 7.12. The largest absolute Gasteiger partial charge is 0.493 e. The van der Waals surface area contributed by atoms with Crippen molar-refractivity contribution in [1.29, 1.82) is 0 Å². The summed E-state index contributed by atoms with van der Waals surface area (Å²) in [5.74, 6) is 0.420. The third-order valence-corrected chi connectivity index (χ3v) is 6.05. The van der Waals surface area contributed by atoms with Crippen LogP contribution in [0.4, 0.5) is 0 Å². The van der Waals surface area contributed by atoms with Gasteiger partial charge in [0.15, 0.2) is 11.5 Å². The van der Waals surface area contributed by atoms with Crippen molar-refractivity contribution in [3.63, 3.8) is 0 Å². The second kappa shape index (κ2) is 8.76. The monoisotopic (exact) mass is 389 g/mol. The van der Waals surface area contributed by atoms with E-state index in [9.17, 15) is 9.90 Å². The Morgan fingerprint density at radius 2 is 2.15 bits per heavy atom. The van der Waals surface area contributed by atoms with Crippen molar-refractivity contribution >= 4 is 17.3 Å². The van der Waals surface area contributed by atoms with E-state index >= 15 is 0 Å². The summed E-state index contributed by atoms with van der Waals surface area (Å²) in [7, 11) is 1.65. The molecule has 0 radical (unpaired) electrons. The first-order valence-electron chi connectivity index (χ1n) is 9.37. The predicted molar refractivity (Wildman–Crippen MR) is 107 cm³/mol. The maximum Gasteiger partial charge on any atom is 0.307 e. The van der Waals surface area contributed by atoms with Crippen LogP contribution in [0, 0.1) is 12.8 Å². The Kier molecular flexibility index (Phi) is 6.39. The number of carboxylic acids is 1. The van der Waals surface area contributed by atoms with Crippen LogP contribution in [0.15, 0.2) is 30.3 Å². The average Bonchev–Trinajstić information content (AvgIpc) is 3.09. The van der Waals surface area contributed by atoms with Crippen LogP contribution in [0.1, 0.15) is 41.1 Å². The molecule has 5 nitrogen and oxygen atoms in total. The zero-order valence-corrected chi connectivity index (χ0v) is 16.9. The smallest absolute Gasteiger partial charge is 0.307 e. The van der Waals surface area contributed by atoms with E-state index in [1.54, 1.807) is 18.4 Å². The van der Waals surface area contributed by atoms with Crippen LogP contribution < -0.4 is 9.47 Å². The standard InChI is InChI=1S/C21H27NO4S/c1-4-26-17-9-8-15(12-18(17)25-3)20(19-10-7-14(2)27-19)22-11-5-6-16(13-22)21(23)24/h7-10,12,16,20H,4-6,11,13H2,1-3H3,(H,23,24). The number of thiophene rings is 1. The fraction of sp³-hybridized carbons (Fsp3) is 0.476. The Morgan fingerprint density at radius 3 is 2.78 bits per heavy atom. The van der Waals surface area contributed by atoms with Crippen molar-refractivity contribution in [2.24, 2.45) is 5.92 Å². The molecule has 0 spiro atoms. The zero-order chi connectivity index (χ0) is 19.4. The molecule has 0 amide bonds. The molecular weight excluding hydrogens is 362 g/mol. The van der Waals surface area contributed by atoms with Crippen molar-refractivity contribution in [3.8, 4) is 11.5 Å². The van der Waals surface area contributed by atoms with Crippen molar-refractivity contribution < 1.29 is 19.4 Å². The van der Waals surface area contributed by atoms with Crippen LogP contribution in [0.25, 0.3) is 0 Å². The van der Waals surface area contributed by atoms with Gasteiger partial charge in [0.1, 0.15) is 0 Å². The van der Waals surface area contributed by atoms with Crippen LogP contribution in [0.3, 0.4) is 0 Å². The Balaban J connectivity index is 1.99. The number of likely N-dealkylation sites (tertiary alicyclic amines) is 1. The van der Waals surface area contributed by atoms with E-state index in [-0.39, 0.29) is 12.0 Å². The highest BCUT2D eigenvalue weighted by Gasteiger charge is 2.32. The summed E-state index contributed by atoms with van der Waals surface area (Å²) in [6.07, 6.45) is 1.64. The van der Waals surface area contributed by atoms with Crippen LogP contribution in [0.2, 0.25) is 0 Å². The normalized spacial score (nSPS) is 18.9. The molecular formula is C21H27NO4S. The van der Waals surface area contributed by atoms with Gasteiger partial charge in [-0.1, -0.05) is 6.07 Å². The lowest BCUT2D eigenvalue weighted by atomic mass is 9.94. The minimum atomic E-state index is -0.704. The molecule has 3 rings (SSSR count). The van der Waals surface area contributed by atoms with E-state index in [0.29, 0.717) is 18.9 Å². The van der Waals surface area contributed by atoms with Gasteiger partial charge in [-0.05, 0) is 63.1 Å². The minimum Gasteiger partial charge on any atom is -0.493 e. The van der Waals surface area contributed by atoms with E-state index < -0.39 is 5.97 Å². The highest BCUT2D eigenvalue weighted by atomic mass is 32.1. The first-order valence-corrected chi connectivity index (χ1v) is 10.2. The molecule has 27 heavy (non-hydrogen) atoms. The number of hydrogen-bond donors (Lipinski definition) is 1. The summed E-state index contributed by atoms with van der Waals surface area (Å²) in [6, 6.07) is 10.3. The van der Waals surface area contributed by atoms with Gasteiger partial charge in [-0.15, -0.1) is 11.3 Å². The van der Waals surface area contributed by atoms with E-state index in [0.717, 1.165) is 30.7 Å². The number of hydrogen-bond acceptors (Lipinski definition) is 5. The molecule has 1 saturated heterocycles. The van der Waals surface area contributed by atoms with Gasteiger partial charge in [-0.2, -0.15) is 0 Å². The number of ether oxygens (including phenoxy) is 2. The Morgan fingerprint density at radius 1 is 1.33 bits per heavy atom. The lowest BCUT2D eigenvalue weighted by Crippen LogP contribution is -2.41. The number of benzene rings is 1. The average molecular weight is 390 g/mol. The third-order valence-electron chi connectivity index (χ3n) is 5.00. The van der Waals surface area contributed by atoms with E-state index in [4.69, 9.17) is 9.47 Å². The van der Waals surface area contributed by atoms with Gasteiger partial charge < -0.3 is 14.6 Å². The quantitative estimate of drug-likeness (QED) is 0.763. The number of nitrogens with zero attached hydrogens (tertiary/aromatic N) is 1. The van der Waals surface area contributed by atoms with Gasteiger partial charge in [-0.25, -0.2) is 0 Å². The van der Waals surface area contributed by atoms with Crippen LogP contribution >= 0.6 is 11.3 Å². The Bertz CT molecular complexity index is 788. The SMILES string of the molecule is CCOc1ccc(C(c2ccc(C)s2)N2CCCC(C(=O)O)C2)cc1OC. The van der Waals surface area contributed by atoms with Gasteiger partial charge in [-0.3, -0.25) is 9.69 Å². The molecule has 2 heterocycles. The van der Waals surface area contributed by atoms with Gasteiger partial charge >= 0.3 is 5.97 Å². The first-order chi connectivity index (χ1) is 13.0. The zero-order valence-electron chi connectivity index (χ0n) is 16.1. The topological polar surface area (TPSA) is 59.0 Å². The van der Waals surface area contributed by atoms with Crippen LogP contribution in [0.5, 0.6) is 11.5 Å². The lowest BCUT2D eigenvalue weighted by molar-refractivity contribution is -0.143. The number of carbonyl (C=O) groups is 1. The van der Waals surface area contributed by atoms with Crippen molar-refractivity contribution in [2.45, 2.75) is 32.7 Å². The lowest BCUT2D eigenvalue weighted by Gasteiger charge is -2.37. The molecule has 146 valence electrons. The number of carboxylic acid groups (broad SMARTS) is 1. The van der Waals surface area contributed by atoms with Gasteiger partial charge in [0.05, 0.1) is 25.7 Å². The van der Waals surface area contributed by atoms with Crippen molar-refractivity contribution in [3.05, 3.63) is 45.6 Å². The van der Waals surface area contributed by atoms with Crippen LogP contribution in [-0.4, -0.2) is 42.8 Å². The molecule has 2 atom stereocenters. The molecule has 0 bridgehead atoms. The van der Waals surface area contributed by atoms with E-state index in [1.807, 2.05) is 19.1 Å². The minimum absolute atomic E-state index is 0.0235. The number of methoxy groups -OCH3 is 1. The fourth-order valence-corrected chi connectivity index (χ4v) is 4.77. The summed E-state index contributed by atoms with van der Waals surface area (Å²) < 4.78 is 11.2. The predicted octanol–water partition coefficient (Wildman–Crippen LogP) is 4.35. The summed E-state index contributed by atoms with van der Waals surface area (Å²) in [5.41, 5.74) is 1.10. The second-order valence-corrected chi connectivity index (χ2v) is 8.19. The summed E-state index contributed by atoms with van der Waals surface area (Å²) in [6.45, 7) is 6.08. The molecule has 1 aliphatic rings. The summed E-state index contributed by atoms with van der Waals surface area (Å²) >= 11 is 1.76. The van der Waals surface area contributed by atoms with E-state index in [1.165, 1.54) is 9.75 Å². The Hall–Kier alpha value is -2.05. The van der Waals surface area contributed by atoms with Crippen molar-refractivity contribution in [1.82, 2.24) is 4.90 Å². The second-order valence-electron chi connectivity index (χ2n) is 6.87. The molecule has 0 aliphatic carbocycles. The first kappa shape index (κ1) is 19.7. The molecule has 2 aromatic rings. The molecule has 2 unspecified atom stereocenters. The molecule has 1 aromatic carbocycles. The molecule has 1 aliphatic heterocycles. The van der Waals surface area contributed by atoms with E-state index in [2.05, 4.69) is 30.0 Å². The van der Waals surface area contributed by atoms with Gasteiger partial charge in [0, 0.05) is 16.3 Å². The van der Waals surface area contributed by atoms with Gasteiger partial charge in [0.25, 0.3) is 0 Å². The molecule has 1 fully saturated rings. The molecule has 1 N–H and O–H groups in total. The fourth-order valence-electron chi connectivity index (χ4n) is 3.73. The van der Waals surface area contributed by atoms with Gasteiger partial charge in [0.2, 0.25) is 0 Å². The van der Waals surface area contributed by atoms with Crippen LogP contribution in [-0.2, 0) is 4.79 Å². The Labute approximate surface area is 164 Å².